The number of rotatable bonds is 5. The third-order valence-electron chi connectivity index (χ3n) is 6.33. The normalized spacial score (nSPS) is 18.5. The van der Waals surface area contributed by atoms with Crippen molar-refractivity contribution in [2.24, 2.45) is 0 Å². The van der Waals surface area contributed by atoms with Gasteiger partial charge >= 0.3 is 6.09 Å². The summed E-state index contributed by atoms with van der Waals surface area (Å²) in [5.41, 5.74) is 4.98. The Morgan fingerprint density at radius 3 is 2.85 bits per heavy atom. The van der Waals surface area contributed by atoms with Crippen LogP contribution in [-0.2, 0) is 27.3 Å². The molecule has 2 aliphatic rings. The number of nitrogens with zero attached hydrogens (tertiary/aromatic N) is 3. The van der Waals surface area contributed by atoms with Gasteiger partial charge in [0, 0.05) is 58.6 Å². The molecule has 2 aromatic heterocycles. The monoisotopic (exact) mass is 521 g/mol. The molecule has 34 heavy (non-hydrogen) atoms. The molecule has 0 bridgehead atoms. The third-order valence-corrected chi connectivity index (χ3v) is 8.22. The maximum absolute atomic E-state index is 11.5. The van der Waals surface area contributed by atoms with E-state index in [1.165, 1.54) is 16.2 Å². The SMILES string of the molecule is CS(=O)(=O)OCc1cc2nccc(-c3cc(Cl)cc4c3N(C3CCN(C(=O)O)C3)CCC4)c2s1. The number of hydrogen-bond donors (Lipinski definition) is 1. The predicted octanol–water partition coefficient (Wildman–Crippen LogP) is 4.60. The van der Waals surface area contributed by atoms with Crippen LogP contribution in [0.5, 0.6) is 0 Å². The number of carboxylic acid groups (broad SMARTS) is 1. The zero-order chi connectivity index (χ0) is 24.0. The maximum atomic E-state index is 11.5. The lowest BCUT2D eigenvalue weighted by Crippen LogP contribution is -2.41. The summed E-state index contributed by atoms with van der Waals surface area (Å²) in [6.07, 6.45) is 4.56. The molecule has 8 nitrogen and oxygen atoms in total. The number of aryl methyl sites for hydroxylation is 1. The van der Waals surface area contributed by atoms with Crippen LogP contribution in [0, 0.1) is 0 Å². The zero-order valence-electron chi connectivity index (χ0n) is 18.5. The van der Waals surface area contributed by atoms with Crippen LogP contribution in [0.3, 0.4) is 0 Å². The first kappa shape index (κ1) is 23.3. The number of carbonyl (C=O) groups is 1. The van der Waals surface area contributed by atoms with Gasteiger partial charge in [-0.1, -0.05) is 11.6 Å². The Balaban J connectivity index is 1.59. The van der Waals surface area contributed by atoms with Gasteiger partial charge in [-0.15, -0.1) is 11.3 Å². The molecule has 11 heteroatoms. The molecule has 3 aromatic rings. The van der Waals surface area contributed by atoms with Crippen molar-refractivity contribution in [3.63, 3.8) is 0 Å². The van der Waals surface area contributed by atoms with Gasteiger partial charge in [-0.2, -0.15) is 8.42 Å². The fraction of sp³-hybridized carbons (Fsp3) is 0.391. The van der Waals surface area contributed by atoms with Crippen molar-refractivity contribution in [3.05, 3.63) is 45.9 Å². The van der Waals surface area contributed by atoms with Gasteiger partial charge in [0.15, 0.2) is 0 Å². The zero-order valence-corrected chi connectivity index (χ0v) is 20.9. The topological polar surface area (TPSA) is 100 Å². The maximum Gasteiger partial charge on any atom is 0.407 e. The molecule has 1 aromatic carbocycles. The van der Waals surface area contributed by atoms with Crippen molar-refractivity contribution in [2.45, 2.75) is 31.9 Å². The van der Waals surface area contributed by atoms with Crippen molar-refractivity contribution >= 4 is 55.1 Å². The molecule has 0 aliphatic carbocycles. The summed E-state index contributed by atoms with van der Waals surface area (Å²) >= 11 is 8.01. The summed E-state index contributed by atoms with van der Waals surface area (Å²) in [5.74, 6) is 0. The van der Waals surface area contributed by atoms with Crippen LogP contribution < -0.4 is 4.90 Å². The molecule has 0 saturated carbocycles. The summed E-state index contributed by atoms with van der Waals surface area (Å²) in [5, 5.41) is 10.1. The van der Waals surface area contributed by atoms with Crippen LogP contribution >= 0.6 is 22.9 Å². The highest BCUT2D eigenvalue weighted by molar-refractivity contribution is 7.85. The number of fused-ring (bicyclic) bond motifs is 2. The molecule has 5 rings (SSSR count). The first-order chi connectivity index (χ1) is 16.2. The second-order valence-corrected chi connectivity index (χ2v) is 11.9. The van der Waals surface area contributed by atoms with Crippen molar-refractivity contribution in [3.8, 4) is 11.1 Å². The van der Waals surface area contributed by atoms with E-state index in [4.69, 9.17) is 15.8 Å². The molecule has 0 spiro atoms. The van der Waals surface area contributed by atoms with E-state index in [0.29, 0.717) is 18.1 Å². The molecule has 1 amide bonds. The first-order valence-corrected chi connectivity index (χ1v) is 14.0. The smallest absolute Gasteiger partial charge is 0.407 e. The van der Waals surface area contributed by atoms with Crippen LogP contribution in [0.25, 0.3) is 21.3 Å². The quantitative estimate of drug-likeness (QED) is 0.490. The number of halogens is 1. The number of hydrogen-bond acceptors (Lipinski definition) is 7. The lowest BCUT2D eigenvalue weighted by atomic mass is 9.92. The fourth-order valence-electron chi connectivity index (χ4n) is 4.91. The van der Waals surface area contributed by atoms with Gasteiger partial charge in [0.1, 0.15) is 6.61 Å². The van der Waals surface area contributed by atoms with Gasteiger partial charge in [-0.3, -0.25) is 9.17 Å². The van der Waals surface area contributed by atoms with E-state index < -0.39 is 16.2 Å². The standard InChI is InChI=1S/C23H24ClN3O5S2/c1-34(30,31)32-13-17-11-20-22(33-17)18(4-6-25-20)19-10-15(24)9-14-3-2-7-27(21(14)19)16-5-8-26(12-16)23(28)29/h4,6,9-11,16H,2-3,5,7-8,12-13H2,1H3,(H,28,29). The highest BCUT2D eigenvalue weighted by atomic mass is 35.5. The first-order valence-electron chi connectivity index (χ1n) is 11.0. The molecule has 1 fully saturated rings. The fourth-order valence-corrected chi connectivity index (χ4v) is 6.62. The van der Waals surface area contributed by atoms with E-state index in [1.807, 2.05) is 24.3 Å². The van der Waals surface area contributed by atoms with Gasteiger partial charge in [0.2, 0.25) is 0 Å². The summed E-state index contributed by atoms with van der Waals surface area (Å²) < 4.78 is 28.8. The minimum atomic E-state index is -3.55. The van der Waals surface area contributed by atoms with Crippen LogP contribution in [0.2, 0.25) is 5.02 Å². The van der Waals surface area contributed by atoms with Crippen LogP contribution in [-0.4, -0.2) is 61.4 Å². The van der Waals surface area contributed by atoms with Crippen LogP contribution in [0.4, 0.5) is 10.5 Å². The highest BCUT2D eigenvalue weighted by Crippen LogP contribution is 2.45. The Labute approximate surface area is 206 Å². The van der Waals surface area contributed by atoms with Crippen molar-refractivity contribution in [1.29, 1.82) is 0 Å². The van der Waals surface area contributed by atoms with Crippen LogP contribution in [0.1, 0.15) is 23.3 Å². The average Bonchev–Trinajstić information content (AvgIpc) is 3.43. The number of pyridine rings is 1. The van der Waals surface area contributed by atoms with E-state index in [9.17, 15) is 18.3 Å². The lowest BCUT2D eigenvalue weighted by molar-refractivity contribution is 0.155. The molecular formula is C23H24ClN3O5S2. The Bertz CT molecular complexity index is 1370. The Morgan fingerprint density at radius 2 is 2.12 bits per heavy atom. The predicted molar refractivity (Wildman–Crippen MR) is 133 cm³/mol. The summed E-state index contributed by atoms with van der Waals surface area (Å²) in [4.78, 5) is 20.6. The number of likely N-dealkylation sites (tertiary alicyclic amines) is 1. The Kier molecular flexibility index (Phi) is 6.18. The minimum absolute atomic E-state index is 0.0355. The summed E-state index contributed by atoms with van der Waals surface area (Å²) in [7, 11) is -3.55. The Hall–Kier alpha value is -2.40. The number of benzene rings is 1. The second-order valence-electron chi connectivity index (χ2n) is 8.68. The van der Waals surface area contributed by atoms with E-state index in [-0.39, 0.29) is 12.6 Å². The van der Waals surface area contributed by atoms with Crippen molar-refractivity contribution < 1.29 is 22.5 Å². The lowest BCUT2D eigenvalue weighted by Gasteiger charge is -2.38. The minimum Gasteiger partial charge on any atom is -0.465 e. The molecule has 180 valence electrons. The number of aromatic nitrogens is 1. The molecule has 1 N–H and O–H groups in total. The number of anilines is 1. The van der Waals surface area contributed by atoms with Gasteiger partial charge in [0.25, 0.3) is 10.1 Å². The molecule has 1 atom stereocenters. The van der Waals surface area contributed by atoms with Crippen molar-refractivity contribution in [2.75, 3.05) is 30.8 Å². The molecule has 4 heterocycles. The molecule has 0 radical (unpaired) electrons. The van der Waals surface area contributed by atoms with Gasteiger partial charge in [-0.05, 0) is 49.1 Å². The third kappa shape index (κ3) is 4.59. The van der Waals surface area contributed by atoms with E-state index >= 15 is 0 Å². The Morgan fingerprint density at radius 1 is 1.29 bits per heavy atom. The van der Waals surface area contributed by atoms with E-state index in [1.54, 1.807) is 6.20 Å². The number of thiophene rings is 1. The average molecular weight is 522 g/mol. The molecule has 1 unspecified atom stereocenters. The van der Waals surface area contributed by atoms with E-state index in [0.717, 1.165) is 69.5 Å². The second kappa shape index (κ2) is 8.99. The largest absolute Gasteiger partial charge is 0.465 e. The molecular weight excluding hydrogens is 498 g/mol. The summed E-state index contributed by atoms with van der Waals surface area (Å²) in [6.45, 7) is 1.83. The summed E-state index contributed by atoms with van der Waals surface area (Å²) in [6, 6.07) is 7.88. The molecule has 1 saturated heterocycles. The van der Waals surface area contributed by atoms with Crippen molar-refractivity contribution in [1.82, 2.24) is 9.88 Å². The molecule has 2 aliphatic heterocycles. The van der Waals surface area contributed by atoms with Gasteiger partial charge in [0.05, 0.1) is 16.5 Å². The van der Waals surface area contributed by atoms with E-state index in [2.05, 4.69) is 9.88 Å². The van der Waals surface area contributed by atoms with Crippen LogP contribution in [0.15, 0.2) is 30.5 Å². The van der Waals surface area contributed by atoms with Gasteiger partial charge < -0.3 is 14.9 Å². The highest BCUT2D eigenvalue weighted by Gasteiger charge is 2.34. The van der Waals surface area contributed by atoms with Gasteiger partial charge in [-0.25, -0.2) is 4.79 Å². The number of amides is 1.